The van der Waals surface area contributed by atoms with Gasteiger partial charge in [0.25, 0.3) is 0 Å². The standard InChI is InChI=1S/C16H24N2O/c1-13-10-14-4-2-3-5-16(14)18(11-13)8-6-15-12-19-9-7-17-15/h2-5,13,15,17H,6-12H2,1H3. The minimum atomic E-state index is 0.526. The van der Waals surface area contributed by atoms with Crippen LogP contribution in [-0.4, -0.2) is 38.9 Å². The maximum absolute atomic E-state index is 5.53. The average molecular weight is 260 g/mol. The largest absolute Gasteiger partial charge is 0.379 e. The molecular weight excluding hydrogens is 236 g/mol. The third-order valence-electron chi connectivity index (χ3n) is 4.18. The summed E-state index contributed by atoms with van der Waals surface area (Å²) in [6.45, 7) is 7.39. The summed E-state index contributed by atoms with van der Waals surface area (Å²) in [7, 11) is 0. The second-order valence-electron chi connectivity index (χ2n) is 5.90. The fraction of sp³-hybridized carbons (Fsp3) is 0.625. The SMILES string of the molecule is CC1Cc2ccccc2N(CCC2COCCN2)C1. The van der Waals surface area contributed by atoms with Gasteiger partial charge in [0.2, 0.25) is 0 Å². The van der Waals surface area contributed by atoms with Crippen LogP contribution in [0.3, 0.4) is 0 Å². The maximum Gasteiger partial charge on any atom is 0.0620 e. The molecule has 1 N–H and O–H groups in total. The summed E-state index contributed by atoms with van der Waals surface area (Å²) >= 11 is 0. The molecule has 1 saturated heterocycles. The number of hydrogen-bond donors (Lipinski definition) is 1. The van der Waals surface area contributed by atoms with Gasteiger partial charge in [-0.3, -0.25) is 0 Å². The Bertz CT molecular complexity index is 415. The van der Waals surface area contributed by atoms with Crippen LogP contribution < -0.4 is 10.2 Å². The highest BCUT2D eigenvalue weighted by molar-refractivity contribution is 5.55. The third-order valence-corrected chi connectivity index (χ3v) is 4.18. The van der Waals surface area contributed by atoms with Crippen LogP contribution in [0.25, 0.3) is 0 Å². The maximum atomic E-state index is 5.53. The van der Waals surface area contributed by atoms with Gasteiger partial charge in [-0.25, -0.2) is 0 Å². The Morgan fingerprint density at radius 2 is 2.26 bits per heavy atom. The lowest BCUT2D eigenvalue weighted by Crippen LogP contribution is -2.44. The molecule has 3 rings (SSSR count). The molecule has 2 unspecified atom stereocenters. The molecule has 2 heterocycles. The normalized spacial score (nSPS) is 27.1. The van der Waals surface area contributed by atoms with Crippen molar-refractivity contribution in [3.63, 3.8) is 0 Å². The fourth-order valence-corrected chi connectivity index (χ4v) is 3.24. The van der Waals surface area contributed by atoms with E-state index in [2.05, 4.69) is 41.4 Å². The molecule has 1 fully saturated rings. The number of para-hydroxylation sites is 1. The van der Waals surface area contributed by atoms with E-state index in [1.165, 1.54) is 30.6 Å². The van der Waals surface area contributed by atoms with E-state index in [4.69, 9.17) is 4.74 Å². The van der Waals surface area contributed by atoms with E-state index in [1.54, 1.807) is 0 Å². The molecule has 104 valence electrons. The van der Waals surface area contributed by atoms with Crippen LogP contribution in [0.1, 0.15) is 18.9 Å². The van der Waals surface area contributed by atoms with Crippen molar-refractivity contribution in [1.29, 1.82) is 0 Å². The van der Waals surface area contributed by atoms with Crippen LogP contribution in [0.4, 0.5) is 5.69 Å². The predicted octanol–water partition coefficient (Wildman–Crippen LogP) is 2.06. The van der Waals surface area contributed by atoms with Crippen molar-refractivity contribution in [3.8, 4) is 0 Å². The summed E-state index contributed by atoms with van der Waals surface area (Å²) in [5.74, 6) is 0.755. The van der Waals surface area contributed by atoms with Crippen molar-refractivity contribution >= 4 is 5.69 Å². The number of rotatable bonds is 3. The molecule has 0 saturated carbocycles. The van der Waals surface area contributed by atoms with Gasteiger partial charge in [0, 0.05) is 31.4 Å². The number of anilines is 1. The van der Waals surface area contributed by atoms with Crippen LogP contribution in [0.15, 0.2) is 24.3 Å². The lowest BCUT2D eigenvalue weighted by Gasteiger charge is -2.36. The molecule has 0 aromatic heterocycles. The van der Waals surface area contributed by atoms with E-state index in [1.807, 2.05) is 0 Å². The van der Waals surface area contributed by atoms with Crippen molar-refractivity contribution < 1.29 is 4.74 Å². The zero-order valence-corrected chi connectivity index (χ0v) is 11.8. The van der Waals surface area contributed by atoms with Crippen LogP contribution in [0, 0.1) is 5.92 Å². The van der Waals surface area contributed by atoms with Crippen LogP contribution >= 0.6 is 0 Å². The number of nitrogens with one attached hydrogen (secondary N) is 1. The number of ether oxygens (including phenoxy) is 1. The number of fused-ring (bicyclic) bond motifs is 1. The summed E-state index contributed by atoms with van der Waals surface area (Å²) in [4.78, 5) is 2.56. The first-order chi connectivity index (χ1) is 9.33. The first-order valence-electron chi connectivity index (χ1n) is 7.47. The van der Waals surface area contributed by atoms with Crippen LogP contribution in [-0.2, 0) is 11.2 Å². The molecule has 0 amide bonds. The summed E-state index contributed by atoms with van der Waals surface area (Å²) < 4.78 is 5.53. The zero-order valence-electron chi connectivity index (χ0n) is 11.8. The first kappa shape index (κ1) is 12.9. The number of benzene rings is 1. The summed E-state index contributed by atoms with van der Waals surface area (Å²) in [5.41, 5.74) is 2.95. The first-order valence-corrected chi connectivity index (χ1v) is 7.47. The van der Waals surface area contributed by atoms with Gasteiger partial charge in [0.1, 0.15) is 0 Å². The molecule has 19 heavy (non-hydrogen) atoms. The van der Waals surface area contributed by atoms with E-state index in [-0.39, 0.29) is 0 Å². The highest BCUT2D eigenvalue weighted by Crippen LogP contribution is 2.29. The predicted molar refractivity (Wildman–Crippen MR) is 78.7 cm³/mol. The van der Waals surface area contributed by atoms with E-state index in [0.29, 0.717) is 6.04 Å². The van der Waals surface area contributed by atoms with Gasteiger partial charge < -0.3 is 15.0 Å². The van der Waals surface area contributed by atoms with Crippen molar-refractivity contribution in [2.24, 2.45) is 5.92 Å². The summed E-state index contributed by atoms with van der Waals surface area (Å²) in [6, 6.07) is 9.39. The van der Waals surface area contributed by atoms with Gasteiger partial charge in [0.15, 0.2) is 0 Å². The van der Waals surface area contributed by atoms with E-state index in [9.17, 15) is 0 Å². The topological polar surface area (TPSA) is 24.5 Å². The molecule has 0 aliphatic carbocycles. The molecule has 1 aromatic rings. The van der Waals surface area contributed by atoms with Crippen molar-refractivity contribution in [2.45, 2.75) is 25.8 Å². The van der Waals surface area contributed by atoms with Crippen LogP contribution in [0.5, 0.6) is 0 Å². The number of nitrogens with zero attached hydrogens (tertiary/aromatic N) is 1. The Balaban J connectivity index is 1.64. The van der Waals surface area contributed by atoms with Gasteiger partial charge >= 0.3 is 0 Å². The van der Waals surface area contributed by atoms with Gasteiger partial charge in [-0.05, 0) is 30.4 Å². The van der Waals surface area contributed by atoms with E-state index >= 15 is 0 Å². The van der Waals surface area contributed by atoms with Crippen molar-refractivity contribution in [3.05, 3.63) is 29.8 Å². The zero-order chi connectivity index (χ0) is 13.1. The fourth-order valence-electron chi connectivity index (χ4n) is 3.24. The number of morpholine rings is 1. The highest BCUT2D eigenvalue weighted by Gasteiger charge is 2.22. The van der Waals surface area contributed by atoms with Crippen molar-refractivity contribution in [2.75, 3.05) is 37.7 Å². The molecular formula is C16H24N2O. The average Bonchev–Trinajstić information content (AvgIpc) is 2.45. The number of hydrogen-bond acceptors (Lipinski definition) is 3. The Morgan fingerprint density at radius 3 is 3.11 bits per heavy atom. The third kappa shape index (κ3) is 3.10. The van der Waals surface area contributed by atoms with Gasteiger partial charge in [-0.1, -0.05) is 25.1 Å². The van der Waals surface area contributed by atoms with Gasteiger partial charge in [-0.15, -0.1) is 0 Å². The van der Waals surface area contributed by atoms with Gasteiger partial charge in [-0.2, -0.15) is 0 Å². The highest BCUT2D eigenvalue weighted by atomic mass is 16.5. The Hall–Kier alpha value is -1.06. The molecule has 0 radical (unpaired) electrons. The quantitative estimate of drug-likeness (QED) is 0.900. The van der Waals surface area contributed by atoms with Gasteiger partial charge in [0.05, 0.1) is 13.2 Å². The molecule has 2 atom stereocenters. The van der Waals surface area contributed by atoms with Crippen molar-refractivity contribution in [1.82, 2.24) is 5.32 Å². The monoisotopic (exact) mass is 260 g/mol. The summed E-state index contributed by atoms with van der Waals surface area (Å²) in [5, 5.41) is 3.54. The molecule has 0 bridgehead atoms. The molecule has 3 heteroatoms. The minimum absolute atomic E-state index is 0.526. The second kappa shape index (κ2) is 5.93. The minimum Gasteiger partial charge on any atom is -0.379 e. The molecule has 2 aliphatic heterocycles. The summed E-state index contributed by atoms with van der Waals surface area (Å²) in [6.07, 6.45) is 2.39. The smallest absolute Gasteiger partial charge is 0.0620 e. The molecule has 1 aromatic carbocycles. The Kier molecular flexibility index (Phi) is 4.04. The second-order valence-corrected chi connectivity index (χ2v) is 5.90. The van der Waals surface area contributed by atoms with Crippen LogP contribution in [0.2, 0.25) is 0 Å². The lowest BCUT2D eigenvalue weighted by atomic mass is 9.93. The van der Waals surface area contributed by atoms with E-state index in [0.717, 1.165) is 32.2 Å². The Morgan fingerprint density at radius 1 is 1.37 bits per heavy atom. The molecule has 2 aliphatic rings. The molecule has 3 nitrogen and oxygen atoms in total. The molecule has 0 spiro atoms. The lowest BCUT2D eigenvalue weighted by molar-refractivity contribution is 0.0747. The van der Waals surface area contributed by atoms with E-state index < -0.39 is 0 Å². The Labute approximate surface area is 115 Å².